The smallest absolute Gasteiger partial charge is 0.178 e. The normalized spacial score (nSPS) is 12.9. The summed E-state index contributed by atoms with van der Waals surface area (Å²) in [6, 6.07) is 6.00. The van der Waals surface area contributed by atoms with Crippen molar-refractivity contribution in [1.29, 1.82) is 0 Å². The molecule has 0 saturated heterocycles. The molecule has 0 spiro atoms. The molecule has 0 bridgehead atoms. The number of thioether (sulfide) groups is 1. The number of aromatic nitrogens is 2. The molecule has 0 amide bonds. The molecule has 17 heavy (non-hydrogen) atoms. The Hall–Kier alpha value is -0.940. The highest BCUT2D eigenvalue weighted by Crippen LogP contribution is 2.25. The Bertz CT molecular complexity index is 573. The fourth-order valence-corrected chi connectivity index (χ4v) is 2.41. The molecule has 0 fully saturated rings. The van der Waals surface area contributed by atoms with Crippen LogP contribution in [0.4, 0.5) is 0 Å². The van der Waals surface area contributed by atoms with E-state index >= 15 is 0 Å². The Morgan fingerprint density at radius 2 is 2.29 bits per heavy atom. The van der Waals surface area contributed by atoms with Crippen LogP contribution in [0.3, 0.4) is 0 Å². The molecule has 0 saturated carbocycles. The zero-order valence-electron chi connectivity index (χ0n) is 10.2. The summed E-state index contributed by atoms with van der Waals surface area (Å²) in [5.74, 6) is 0.837. The minimum absolute atomic E-state index is 0.534. The Morgan fingerprint density at radius 3 is 2.94 bits per heavy atom. The third-order valence-corrected chi connectivity index (χ3v) is 4.11. The maximum absolute atomic E-state index is 5.37. The van der Waals surface area contributed by atoms with Gasteiger partial charge in [0.05, 0.1) is 12.6 Å². The Labute approximate surface area is 110 Å². The third kappa shape index (κ3) is 2.35. The van der Waals surface area contributed by atoms with E-state index in [1.807, 2.05) is 23.9 Å². The number of fused-ring (bicyclic) bond motifs is 1. The SMILES string of the molecule is COc1cccc2c1[nH]c(=S)n2CC(C)SC. The second-order valence-electron chi connectivity index (χ2n) is 3.94. The van der Waals surface area contributed by atoms with Crippen LogP contribution >= 0.6 is 24.0 Å². The van der Waals surface area contributed by atoms with E-state index in [2.05, 4.69) is 28.8 Å². The lowest BCUT2D eigenvalue weighted by Crippen LogP contribution is -2.08. The minimum Gasteiger partial charge on any atom is -0.494 e. The van der Waals surface area contributed by atoms with Crippen molar-refractivity contribution in [3.05, 3.63) is 23.0 Å². The van der Waals surface area contributed by atoms with Crippen LogP contribution in [0.15, 0.2) is 18.2 Å². The van der Waals surface area contributed by atoms with Crippen LogP contribution < -0.4 is 4.74 Å². The largest absolute Gasteiger partial charge is 0.494 e. The van der Waals surface area contributed by atoms with Crippen molar-refractivity contribution < 1.29 is 4.74 Å². The summed E-state index contributed by atoms with van der Waals surface area (Å²) in [6.07, 6.45) is 2.11. The summed E-state index contributed by atoms with van der Waals surface area (Å²) in [5.41, 5.74) is 2.09. The fourth-order valence-electron chi connectivity index (χ4n) is 1.84. The molecule has 0 aliphatic carbocycles. The van der Waals surface area contributed by atoms with Crippen molar-refractivity contribution in [3.8, 4) is 5.75 Å². The van der Waals surface area contributed by atoms with Crippen molar-refractivity contribution in [2.45, 2.75) is 18.7 Å². The number of hydrogen-bond donors (Lipinski definition) is 1. The van der Waals surface area contributed by atoms with E-state index in [4.69, 9.17) is 17.0 Å². The number of benzene rings is 1. The molecular formula is C12H16N2OS2. The molecule has 1 aromatic heterocycles. The number of ether oxygens (including phenoxy) is 1. The van der Waals surface area contributed by atoms with Gasteiger partial charge in [-0.1, -0.05) is 13.0 Å². The van der Waals surface area contributed by atoms with Gasteiger partial charge in [0.1, 0.15) is 11.3 Å². The van der Waals surface area contributed by atoms with Gasteiger partial charge in [-0.2, -0.15) is 11.8 Å². The Kier molecular flexibility index (Phi) is 3.79. The van der Waals surface area contributed by atoms with Crippen molar-refractivity contribution in [2.75, 3.05) is 13.4 Å². The third-order valence-electron chi connectivity index (χ3n) is 2.83. The summed E-state index contributed by atoms with van der Waals surface area (Å²) >= 11 is 7.21. The lowest BCUT2D eigenvalue weighted by atomic mass is 10.3. The van der Waals surface area contributed by atoms with E-state index in [-0.39, 0.29) is 0 Å². The van der Waals surface area contributed by atoms with Gasteiger partial charge in [-0.3, -0.25) is 0 Å². The van der Waals surface area contributed by atoms with E-state index in [0.29, 0.717) is 5.25 Å². The lowest BCUT2D eigenvalue weighted by Gasteiger charge is -2.10. The number of H-pyrrole nitrogens is 1. The maximum Gasteiger partial charge on any atom is 0.178 e. The number of rotatable bonds is 4. The van der Waals surface area contributed by atoms with Gasteiger partial charge in [0.25, 0.3) is 0 Å². The second kappa shape index (κ2) is 5.14. The van der Waals surface area contributed by atoms with Crippen LogP contribution in [0.5, 0.6) is 5.75 Å². The first-order valence-corrected chi connectivity index (χ1v) is 7.15. The van der Waals surface area contributed by atoms with Gasteiger partial charge in [-0.05, 0) is 30.6 Å². The molecule has 1 heterocycles. The number of methoxy groups -OCH3 is 1. The highest BCUT2D eigenvalue weighted by atomic mass is 32.2. The predicted octanol–water partition coefficient (Wildman–Crippen LogP) is 3.46. The zero-order valence-corrected chi connectivity index (χ0v) is 11.8. The number of para-hydroxylation sites is 1. The molecule has 1 aromatic carbocycles. The first-order chi connectivity index (χ1) is 8.17. The van der Waals surface area contributed by atoms with Gasteiger partial charge in [0, 0.05) is 11.8 Å². The van der Waals surface area contributed by atoms with E-state index in [1.165, 1.54) is 0 Å². The number of nitrogens with zero attached hydrogens (tertiary/aromatic N) is 1. The molecular weight excluding hydrogens is 252 g/mol. The average molecular weight is 268 g/mol. The van der Waals surface area contributed by atoms with Gasteiger partial charge >= 0.3 is 0 Å². The predicted molar refractivity (Wildman–Crippen MR) is 76.7 cm³/mol. The first-order valence-electron chi connectivity index (χ1n) is 5.45. The van der Waals surface area contributed by atoms with Gasteiger partial charge in [0.2, 0.25) is 0 Å². The molecule has 0 aliphatic rings. The molecule has 2 rings (SSSR count). The number of hydrogen-bond acceptors (Lipinski definition) is 3. The molecule has 0 radical (unpaired) electrons. The van der Waals surface area contributed by atoms with E-state index < -0.39 is 0 Å². The topological polar surface area (TPSA) is 29.9 Å². The summed E-state index contributed by atoms with van der Waals surface area (Å²) in [5, 5.41) is 0.534. The minimum atomic E-state index is 0.534. The van der Waals surface area contributed by atoms with Gasteiger partial charge in [0.15, 0.2) is 4.77 Å². The van der Waals surface area contributed by atoms with Crippen LogP contribution in [0.2, 0.25) is 0 Å². The molecule has 1 N–H and O–H groups in total. The van der Waals surface area contributed by atoms with Gasteiger partial charge < -0.3 is 14.3 Å². The number of imidazole rings is 1. The first kappa shape index (κ1) is 12.5. The van der Waals surface area contributed by atoms with Crippen LogP contribution in [0.1, 0.15) is 6.92 Å². The van der Waals surface area contributed by atoms with Crippen molar-refractivity contribution in [3.63, 3.8) is 0 Å². The average Bonchev–Trinajstić information content (AvgIpc) is 2.66. The fraction of sp³-hybridized carbons (Fsp3) is 0.417. The van der Waals surface area contributed by atoms with E-state index in [0.717, 1.165) is 28.1 Å². The molecule has 2 aromatic rings. The molecule has 5 heteroatoms. The maximum atomic E-state index is 5.37. The quantitative estimate of drug-likeness (QED) is 0.861. The number of nitrogens with one attached hydrogen (secondary N) is 1. The van der Waals surface area contributed by atoms with Crippen LogP contribution in [-0.4, -0.2) is 28.2 Å². The zero-order chi connectivity index (χ0) is 12.4. The van der Waals surface area contributed by atoms with E-state index in [1.54, 1.807) is 7.11 Å². The Balaban J connectivity index is 2.56. The monoisotopic (exact) mass is 268 g/mol. The Morgan fingerprint density at radius 1 is 1.53 bits per heavy atom. The lowest BCUT2D eigenvalue weighted by molar-refractivity contribution is 0.419. The summed E-state index contributed by atoms with van der Waals surface area (Å²) in [7, 11) is 1.67. The van der Waals surface area contributed by atoms with Crippen LogP contribution in [-0.2, 0) is 6.54 Å². The number of aromatic amines is 1. The molecule has 1 atom stereocenters. The summed E-state index contributed by atoms with van der Waals surface area (Å²) in [4.78, 5) is 3.22. The molecule has 1 unspecified atom stereocenters. The van der Waals surface area contributed by atoms with E-state index in [9.17, 15) is 0 Å². The summed E-state index contributed by atoms with van der Waals surface area (Å²) in [6.45, 7) is 3.11. The van der Waals surface area contributed by atoms with Gasteiger partial charge in [-0.25, -0.2) is 0 Å². The molecule has 3 nitrogen and oxygen atoms in total. The second-order valence-corrected chi connectivity index (χ2v) is 5.60. The van der Waals surface area contributed by atoms with Gasteiger partial charge in [-0.15, -0.1) is 0 Å². The summed E-state index contributed by atoms with van der Waals surface area (Å²) < 4.78 is 8.22. The van der Waals surface area contributed by atoms with Crippen molar-refractivity contribution in [1.82, 2.24) is 9.55 Å². The molecule has 92 valence electrons. The highest BCUT2D eigenvalue weighted by Gasteiger charge is 2.10. The van der Waals surface area contributed by atoms with Crippen molar-refractivity contribution in [2.24, 2.45) is 0 Å². The van der Waals surface area contributed by atoms with Crippen molar-refractivity contribution >= 4 is 35.0 Å². The standard InChI is InChI=1S/C12H16N2OS2/c1-8(17-3)7-14-9-5-4-6-10(15-2)11(9)13-12(14)16/h4-6,8H,7H2,1-3H3,(H,13,16). The highest BCUT2D eigenvalue weighted by molar-refractivity contribution is 7.99. The molecule has 0 aliphatic heterocycles. The van der Waals surface area contributed by atoms with Crippen LogP contribution in [0, 0.1) is 4.77 Å². The van der Waals surface area contributed by atoms with Crippen LogP contribution in [0.25, 0.3) is 11.0 Å².